The van der Waals surface area contributed by atoms with Gasteiger partial charge in [-0.2, -0.15) is 0 Å². The van der Waals surface area contributed by atoms with E-state index in [-0.39, 0.29) is 24.6 Å². The van der Waals surface area contributed by atoms with Gasteiger partial charge in [0.25, 0.3) is 5.91 Å². The Morgan fingerprint density at radius 3 is 2.41 bits per heavy atom. The highest BCUT2D eigenvalue weighted by molar-refractivity contribution is 6.32. The normalized spacial score (nSPS) is 14.5. The van der Waals surface area contributed by atoms with Crippen LogP contribution in [0.2, 0.25) is 5.02 Å². The van der Waals surface area contributed by atoms with Crippen LogP contribution in [0.4, 0.5) is 10.5 Å². The Bertz CT molecular complexity index is 777. The molecule has 6 nitrogen and oxygen atoms in total. The number of benzene rings is 2. The molecule has 0 atom stereocenters. The molecule has 0 radical (unpaired) electrons. The van der Waals surface area contributed by atoms with Gasteiger partial charge in [0, 0.05) is 24.8 Å². The first-order valence-corrected chi connectivity index (χ1v) is 9.27. The molecule has 0 saturated carbocycles. The third-order valence-corrected chi connectivity index (χ3v) is 4.68. The minimum atomic E-state index is -0.192. The van der Waals surface area contributed by atoms with Gasteiger partial charge in [-0.3, -0.25) is 4.79 Å². The van der Waals surface area contributed by atoms with Gasteiger partial charge in [0.1, 0.15) is 5.75 Å². The number of rotatable bonds is 5. The minimum absolute atomic E-state index is 0.0353. The molecule has 0 unspecified atom stereocenters. The van der Waals surface area contributed by atoms with E-state index in [0.29, 0.717) is 36.7 Å². The Labute approximate surface area is 163 Å². The lowest BCUT2D eigenvalue weighted by molar-refractivity contribution is -0.124. The summed E-state index contributed by atoms with van der Waals surface area (Å²) >= 11 is 6.00. The third-order valence-electron chi connectivity index (χ3n) is 4.37. The van der Waals surface area contributed by atoms with Crippen molar-refractivity contribution in [2.45, 2.75) is 18.9 Å². The fourth-order valence-electron chi connectivity index (χ4n) is 2.93. The number of hydrogen-bond acceptors (Lipinski definition) is 3. The Morgan fingerprint density at radius 1 is 1.04 bits per heavy atom. The Kier molecular flexibility index (Phi) is 6.54. The zero-order chi connectivity index (χ0) is 19.1. The predicted molar refractivity (Wildman–Crippen MR) is 105 cm³/mol. The summed E-state index contributed by atoms with van der Waals surface area (Å²) < 4.78 is 5.45. The number of ether oxygens (including phenoxy) is 1. The molecule has 27 heavy (non-hydrogen) atoms. The Hall–Kier alpha value is -2.73. The number of nitrogens with one attached hydrogen (secondary N) is 2. The van der Waals surface area contributed by atoms with Crippen molar-refractivity contribution >= 4 is 29.2 Å². The van der Waals surface area contributed by atoms with E-state index >= 15 is 0 Å². The molecule has 2 aromatic carbocycles. The number of piperidine rings is 1. The number of nitrogens with zero attached hydrogens (tertiary/aromatic N) is 1. The van der Waals surface area contributed by atoms with Gasteiger partial charge < -0.3 is 20.3 Å². The van der Waals surface area contributed by atoms with Crippen LogP contribution in [0, 0.1) is 0 Å². The number of halogens is 1. The van der Waals surface area contributed by atoms with Crippen LogP contribution in [0.3, 0.4) is 0 Å². The molecular weight excluding hydrogens is 366 g/mol. The predicted octanol–water partition coefficient (Wildman–Crippen LogP) is 3.53. The molecule has 3 amide bonds. The maximum Gasteiger partial charge on any atom is 0.321 e. The first kappa shape index (κ1) is 19.0. The summed E-state index contributed by atoms with van der Waals surface area (Å²) in [4.78, 5) is 26.1. The monoisotopic (exact) mass is 387 g/mol. The molecule has 1 fully saturated rings. The number of para-hydroxylation sites is 2. The molecule has 7 heteroatoms. The average Bonchev–Trinajstić information content (AvgIpc) is 2.69. The van der Waals surface area contributed by atoms with Gasteiger partial charge in [-0.25, -0.2) is 4.79 Å². The van der Waals surface area contributed by atoms with E-state index in [1.54, 1.807) is 29.2 Å². The number of hydrogen-bond donors (Lipinski definition) is 2. The van der Waals surface area contributed by atoms with Crippen LogP contribution < -0.4 is 15.4 Å². The van der Waals surface area contributed by atoms with E-state index in [1.807, 2.05) is 30.3 Å². The van der Waals surface area contributed by atoms with Gasteiger partial charge in [0.05, 0.1) is 5.02 Å². The zero-order valence-corrected chi connectivity index (χ0v) is 15.6. The van der Waals surface area contributed by atoms with Gasteiger partial charge in [0.2, 0.25) is 0 Å². The summed E-state index contributed by atoms with van der Waals surface area (Å²) in [6.45, 7) is 1.10. The van der Waals surface area contributed by atoms with Gasteiger partial charge in [-0.05, 0) is 37.1 Å². The highest BCUT2D eigenvalue weighted by Gasteiger charge is 2.24. The second-order valence-corrected chi connectivity index (χ2v) is 6.75. The maximum atomic E-state index is 12.3. The Balaban J connectivity index is 1.39. The second kappa shape index (κ2) is 9.28. The van der Waals surface area contributed by atoms with Crippen molar-refractivity contribution in [1.29, 1.82) is 0 Å². The molecule has 1 heterocycles. The standard InChI is InChI=1S/C20H22ClN3O3/c21-17-8-4-5-9-18(17)27-14-19(25)22-16-10-12-24(13-11-16)20(26)23-15-6-2-1-3-7-15/h1-9,16H,10-14H2,(H,22,25)(H,23,26). The van der Waals surface area contributed by atoms with E-state index < -0.39 is 0 Å². The molecule has 1 aliphatic heterocycles. The number of amides is 3. The van der Waals surface area contributed by atoms with Crippen LogP contribution in [-0.4, -0.2) is 42.6 Å². The van der Waals surface area contributed by atoms with Crippen molar-refractivity contribution in [3.63, 3.8) is 0 Å². The van der Waals surface area contributed by atoms with Crippen molar-refractivity contribution in [3.05, 3.63) is 59.6 Å². The van der Waals surface area contributed by atoms with E-state index in [9.17, 15) is 9.59 Å². The highest BCUT2D eigenvalue weighted by Crippen LogP contribution is 2.22. The second-order valence-electron chi connectivity index (χ2n) is 6.34. The lowest BCUT2D eigenvalue weighted by Crippen LogP contribution is -2.48. The van der Waals surface area contributed by atoms with E-state index in [2.05, 4.69) is 10.6 Å². The van der Waals surface area contributed by atoms with Gasteiger partial charge in [0.15, 0.2) is 6.61 Å². The SMILES string of the molecule is O=C(COc1ccccc1Cl)NC1CCN(C(=O)Nc2ccccc2)CC1. The van der Waals surface area contributed by atoms with E-state index in [0.717, 1.165) is 5.69 Å². The fraction of sp³-hybridized carbons (Fsp3) is 0.300. The van der Waals surface area contributed by atoms with Gasteiger partial charge in [-0.1, -0.05) is 41.9 Å². The summed E-state index contributed by atoms with van der Waals surface area (Å²) in [5, 5.41) is 6.31. The topological polar surface area (TPSA) is 70.7 Å². The fourth-order valence-corrected chi connectivity index (χ4v) is 3.12. The number of likely N-dealkylation sites (tertiary alicyclic amines) is 1. The summed E-state index contributed by atoms with van der Waals surface area (Å²) in [5.74, 6) is 0.295. The van der Waals surface area contributed by atoms with Crippen molar-refractivity contribution < 1.29 is 14.3 Å². The molecule has 2 aromatic rings. The van der Waals surface area contributed by atoms with Crippen LogP contribution in [0.5, 0.6) is 5.75 Å². The maximum absolute atomic E-state index is 12.3. The largest absolute Gasteiger partial charge is 0.482 e. The summed E-state index contributed by atoms with van der Waals surface area (Å²) in [6.07, 6.45) is 1.42. The molecule has 0 bridgehead atoms. The van der Waals surface area contributed by atoms with Crippen LogP contribution in [0.25, 0.3) is 0 Å². The van der Waals surface area contributed by atoms with Crippen molar-refractivity contribution in [2.24, 2.45) is 0 Å². The molecule has 0 spiro atoms. The molecule has 0 aliphatic carbocycles. The average molecular weight is 388 g/mol. The number of anilines is 1. The molecular formula is C20H22ClN3O3. The van der Waals surface area contributed by atoms with Crippen LogP contribution >= 0.6 is 11.6 Å². The number of carbonyl (C=O) groups is 2. The summed E-state index contributed by atoms with van der Waals surface area (Å²) in [6, 6.07) is 16.3. The summed E-state index contributed by atoms with van der Waals surface area (Å²) in [7, 11) is 0. The van der Waals surface area contributed by atoms with Crippen molar-refractivity contribution in [1.82, 2.24) is 10.2 Å². The summed E-state index contributed by atoms with van der Waals surface area (Å²) in [5.41, 5.74) is 0.773. The lowest BCUT2D eigenvalue weighted by Gasteiger charge is -2.32. The van der Waals surface area contributed by atoms with Crippen LogP contribution in [0.1, 0.15) is 12.8 Å². The van der Waals surface area contributed by atoms with Gasteiger partial charge >= 0.3 is 6.03 Å². The van der Waals surface area contributed by atoms with E-state index in [4.69, 9.17) is 16.3 Å². The number of urea groups is 1. The first-order valence-electron chi connectivity index (χ1n) is 8.89. The quantitative estimate of drug-likeness (QED) is 0.824. The smallest absolute Gasteiger partial charge is 0.321 e. The van der Waals surface area contributed by atoms with E-state index in [1.165, 1.54) is 0 Å². The van der Waals surface area contributed by atoms with Gasteiger partial charge in [-0.15, -0.1) is 0 Å². The molecule has 1 aliphatic rings. The van der Waals surface area contributed by atoms with Crippen molar-refractivity contribution in [3.8, 4) is 5.75 Å². The zero-order valence-electron chi connectivity index (χ0n) is 14.9. The van der Waals surface area contributed by atoms with Crippen LogP contribution in [0.15, 0.2) is 54.6 Å². The molecule has 142 valence electrons. The van der Waals surface area contributed by atoms with Crippen LogP contribution in [-0.2, 0) is 4.79 Å². The van der Waals surface area contributed by atoms with Crippen molar-refractivity contribution in [2.75, 3.05) is 25.0 Å². The minimum Gasteiger partial charge on any atom is -0.482 e. The molecule has 2 N–H and O–H groups in total. The Morgan fingerprint density at radius 2 is 1.70 bits per heavy atom. The molecule has 0 aromatic heterocycles. The molecule has 1 saturated heterocycles. The highest BCUT2D eigenvalue weighted by atomic mass is 35.5. The number of carbonyl (C=O) groups excluding carboxylic acids is 2. The lowest BCUT2D eigenvalue weighted by atomic mass is 10.1. The third kappa shape index (κ3) is 5.62. The molecule has 3 rings (SSSR count). The first-order chi connectivity index (χ1) is 13.1.